The zero-order valence-corrected chi connectivity index (χ0v) is 15.8. The lowest BCUT2D eigenvalue weighted by Crippen LogP contribution is -2.41. The number of thioether (sulfide) groups is 1. The standard InChI is InChI=1S/C18H15ClFN5OS/c1-10-22-23-18-25(10)24-15(11-5-7-13(20)8-6-11)16(27-18)17(26)21-14-4-2-3-12(19)9-14/h2-9,15-16,24H,1H3,(H,21,26)/t15-,16-/m0/s1. The molecule has 0 bridgehead atoms. The van der Waals surface area contributed by atoms with Crippen LogP contribution in [0.3, 0.4) is 0 Å². The van der Waals surface area contributed by atoms with Crippen LogP contribution in [0, 0.1) is 12.7 Å². The molecule has 0 spiro atoms. The molecule has 9 heteroatoms. The third-order valence-corrected chi connectivity index (χ3v) is 5.63. The zero-order chi connectivity index (χ0) is 19.0. The van der Waals surface area contributed by atoms with Crippen molar-refractivity contribution in [1.29, 1.82) is 0 Å². The molecule has 0 fully saturated rings. The van der Waals surface area contributed by atoms with Crippen LogP contribution in [0.2, 0.25) is 5.02 Å². The first kappa shape index (κ1) is 17.8. The van der Waals surface area contributed by atoms with Crippen molar-refractivity contribution >= 4 is 35.0 Å². The van der Waals surface area contributed by atoms with Crippen LogP contribution in [0.4, 0.5) is 10.1 Å². The number of nitrogens with zero attached hydrogens (tertiary/aromatic N) is 3. The lowest BCUT2D eigenvalue weighted by molar-refractivity contribution is -0.116. The quantitative estimate of drug-likeness (QED) is 0.696. The predicted octanol–water partition coefficient (Wildman–Crippen LogP) is 3.78. The van der Waals surface area contributed by atoms with E-state index in [4.69, 9.17) is 11.6 Å². The van der Waals surface area contributed by atoms with E-state index in [0.717, 1.165) is 5.56 Å². The number of hydrogen-bond donors (Lipinski definition) is 2. The van der Waals surface area contributed by atoms with Crippen molar-refractivity contribution in [3.05, 3.63) is 70.8 Å². The Morgan fingerprint density at radius 2 is 2.04 bits per heavy atom. The number of halogens is 2. The number of aryl methyl sites for hydroxylation is 1. The van der Waals surface area contributed by atoms with E-state index in [0.29, 0.717) is 21.7 Å². The highest BCUT2D eigenvalue weighted by Gasteiger charge is 2.37. The second kappa shape index (κ2) is 7.21. The van der Waals surface area contributed by atoms with E-state index in [1.54, 1.807) is 41.1 Å². The van der Waals surface area contributed by atoms with Crippen LogP contribution in [-0.2, 0) is 4.79 Å². The summed E-state index contributed by atoms with van der Waals surface area (Å²) in [6.07, 6.45) is 0. The summed E-state index contributed by atoms with van der Waals surface area (Å²) >= 11 is 7.30. The Bertz CT molecular complexity index is 994. The minimum atomic E-state index is -0.537. The number of nitrogens with one attached hydrogen (secondary N) is 2. The first-order valence-corrected chi connectivity index (χ1v) is 9.44. The van der Waals surface area contributed by atoms with Gasteiger partial charge in [-0.25, -0.2) is 9.07 Å². The van der Waals surface area contributed by atoms with Gasteiger partial charge in [0.1, 0.15) is 16.9 Å². The molecule has 0 radical (unpaired) electrons. The fourth-order valence-electron chi connectivity index (χ4n) is 2.86. The molecule has 4 rings (SSSR count). The molecule has 138 valence electrons. The Morgan fingerprint density at radius 3 is 2.78 bits per heavy atom. The van der Waals surface area contributed by atoms with E-state index in [1.165, 1.54) is 23.9 Å². The summed E-state index contributed by atoms with van der Waals surface area (Å²) in [4.78, 5) is 13.0. The van der Waals surface area contributed by atoms with E-state index in [1.807, 2.05) is 6.92 Å². The zero-order valence-electron chi connectivity index (χ0n) is 14.2. The summed E-state index contributed by atoms with van der Waals surface area (Å²) in [5.41, 5.74) is 4.66. The van der Waals surface area contributed by atoms with Gasteiger partial charge in [0.15, 0.2) is 0 Å². The van der Waals surface area contributed by atoms with Gasteiger partial charge in [0, 0.05) is 10.7 Å². The topological polar surface area (TPSA) is 71.8 Å². The van der Waals surface area contributed by atoms with Crippen molar-refractivity contribution in [2.24, 2.45) is 0 Å². The summed E-state index contributed by atoms with van der Waals surface area (Å²) in [6, 6.07) is 12.6. The number of carbonyl (C=O) groups is 1. The van der Waals surface area contributed by atoms with Crippen molar-refractivity contribution in [3.8, 4) is 0 Å². The maximum atomic E-state index is 13.3. The maximum absolute atomic E-state index is 13.3. The fraction of sp³-hybridized carbons (Fsp3) is 0.167. The first-order chi connectivity index (χ1) is 13.0. The summed E-state index contributed by atoms with van der Waals surface area (Å²) in [5.74, 6) is 0.137. The summed E-state index contributed by atoms with van der Waals surface area (Å²) in [7, 11) is 0. The van der Waals surface area contributed by atoms with E-state index >= 15 is 0 Å². The third kappa shape index (κ3) is 3.63. The van der Waals surface area contributed by atoms with Gasteiger partial charge in [-0.3, -0.25) is 4.79 Å². The van der Waals surface area contributed by atoms with Crippen LogP contribution in [0.25, 0.3) is 0 Å². The molecular formula is C18H15ClFN5OS. The van der Waals surface area contributed by atoms with Gasteiger partial charge in [-0.15, -0.1) is 10.2 Å². The molecule has 6 nitrogen and oxygen atoms in total. The average molecular weight is 404 g/mol. The summed E-state index contributed by atoms with van der Waals surface area (Å²) in [5, 5.41) is 11.6. The van der Waals surface area contributed by atoms with Gasteiger partial charge < -0.3 is 10.7 Å². The largest absolute Gasteiger partial charge is 0.325 e. The summed E-state index contributed by atoms with van der Waals surface area (Å²) in [6.45, 7) is 1.82. The monoisotopic (exact) mass is 403 g/mol. The van der Waals surface area contributed by atoms with Gasteiger partial charge in [-0.1, -0.05) is 41.6 Å². The molecule has 0 unspecified atom stereocenters. The van der Waals surface area contributed by atoms with Crippen LogP contribution in [0.5, 0.6) is 0 Å². The molecule has 0 saturated carbocycles. The minimum Gasteiger partial charge on any atom is -0.325 e. The van der Waals surface area contributed by atoms with Crippen LogP contribution >= 0.6 is 23.4 Å². The molecule has 2 atom stereocenters. The lowest BCUT2D eigenvalue weighted by Gasteiger charge is -2.32. The third-order valence-electron chi connectivity index (χ3n) is 4.18. The number of rotatable bonds is 3. The van der Waals surface area contributed by atoms with Gasteiger partial charge in [0.25, 0.3) is 0 Å². The Kier molecular flexibility index (Phi) is 4.75. The maximum Gasteiger partial charge on any atom is 0.240 e. The first-order valence-electron chi connectivity index (χ1n) is 8.18. The number of carbonyl (C=O) groups excluding carboxylic acids is 1. The predicted molar refractivity (Wildman–Crippen MR) is 103 cm³/mol. The molecule has 1 aliphatic heterocycles. The fourth-order valence-corrected chi connectivity index (χ4v) is 4.18. The number of anilines is 1. The minimum absolute atomic E-state index is 0.212. The smallest absolute Gasteiger partial charge is 0.240 e. The van der Waals surface area contributed by atoms with E-state index in [9.17, 15) is 9.18 Å². The molecule has 0 aliphatic carbocycles. The highest BCUT2D eigenvalue weighted by Crippen LogP contribution is 2.37. The lowest BCUT2D eigenvalue weighted by atomic mass is 10.0. The van der Waals surface area contributed by atoms with Crippen molar-refractivity contribution in [2.75, 3.05) is 10.7 Å². The highest BCUT2D eigenvalue weighted by molar-refractivity contribution is 8.00. The molecule has 1 amide bonds. The van der Waals surface area contributed by atoms with E-state index in [2.05, 4.69) is 20.9 Å². The molecule has 1 aliphatic rings. The van der Waals surface area contributed by atoms with E-state index < -0.39 is 11.3 Å². The summed E-state index contributed by atoms with van der Waals surface area (Å²) < 4.78 is 15.1. The van der Waals surface area contributed by atoms with Crippen LogP contribution in [0.1, 0.15) is 17.4 Å². The number of hydrogen-bond acceptors (Lipinski definition) is 5. The number of aromatic nitrogens is 3. The Balaban J connectivity index is 1.66. The number of fused-ring (bicyclic) bond motifs is 1. The Morgan fingerprint density at radius 1 is 1.26 bits per heavy atom. The van der Waals surface area contributed by atoms with Crippen LogP contribution in [-0.4, -0.2) is 26.0 Å². The van der Waals surface area contributed by atoms with Gasteiger partial charge in [0.2, 0.25) is 11.1 Å². The van der Waals surface area contributed by atoms with Crippen LogP contribution in [0.15, 0.2) is 53.7 Å². The second-order valence-electron chi connectivity index (χ2n) is 6.06. The van der Waals surface area contributed by atoms with Crippen molar-refractivity contribution < 1.29 is 9.18 Å². The molecule has 0 saturated heterocycles. The van der Waals surface area contributed by atoms with E-state index in [-0.39, 0.29) is 11.7 Å². The van der Waals surface area contributed by atoms with Crippen molar-refractivity contribution in [1.82, 2.24) is 14.9 Å². The molecule has 3 aromatic rings. The van der Waals surface area contributed by atoms with Gasteiger partial charge in [-0.05, 0) is 42.8 Å². The molecular weight excluding hydrogens is 389 g/mol. The molecule has 2 aromatic carbocycles. The Hall–Kier alpha value is -2.58. The molecule has 2 heterocycles. The van der Waals surface area contributed by atoms with Crippen molar-refractivity contribution in [2.45, 2.75) is 23.4 Å². The molecule has 1 aromatic heterocycles. The Labute approximate surface area is 164 Å². The van der Waals surface area contributed by atoms with Gasteiger partial charge in [0.05, 0.1) is 6.04 Å². The van der Waals surface area contributed by atoms with Crippen LogP contribution < -0.4 is 10.7 Å². The molecule has 2 N–H and O–H groups in total. The normalized spacial score (nSPS) is 18.5. The van der Waals surface area contributed by atoms with Gasteiger partial charge >= 0.3 is 0 Å². The van der Waals surface area contributed by atoms with Crippen molar-refractivity contribution in [3.63, 3.8) is 0 Å². The molecule has 27 heavy (non-hydrogen) atoms. The highest BCUT2D eigenvalue weighted by atomic mass is 35.5. The van der Waals surface area contributed by atoms with Gasteiger partial charge in [-0.2, -0.15) is 0 Å². The number of benzene rings is 2. The average Bonchev–Trinajstić information content (AvgIpc) is 3.02. The SMILES string of the molecule is Cc1nnc2n1N[C@@H](c1ccc(F)cc1)[C@@H](C(=O)Nc1cccc(Cl)c1)S2. The second-order valence-corrected chi connectivity index (χ2v) is 7.61. The number of amides is 1.